The van der Waals surface area contributed by atoms with E-state index in [1.807, 2.05) is 0 Å². The van der Waals surface area contributed by atoms with E-state index in [1.165, 1.54) is 64.2 Å². The van der Waals surface area contributed by atoms with E-state index in [0.29, 0.717) is 19.6 Å². The highest BCUT2D eigenvalue weighted by atomic mass is 16.5. The maximum Gasteiger partial charge on any atom is 0.0906 e. The zero-order valence-electron chi connectivity index (χ0n) is 15.3. The smallest absolute Gasteiger partial charge is 0.0906 e. The van der Waals surface area contributed by atoms with Crippen LogP contribution in [0.15, 0.2) is 0 Å². The van der Waals surface area contributed by atoms with Crippen molar-refractivity contribution in [2.75, 3.05) is 13.2 Å². The molecule has 0 spiro atoms. The van der Waals surface area contributed by atoms with Crippen molar-refractivity contribution >= 4 is 5.84 Å². The molecule has 3 N–H and O–H groups in total. The molecule has 0 aromatic carbocycles. The summed E-state index contributed by atoms with van der Waals surface area (Å²) in [5.41, 5.74) is 5.27. The Labute approximate surface area is 144 Å². The molecule has 0 aliphatic rings. The molecule has 3 nitrogen and oxygen atoms in total. The minimum Gasteiger partial charge on any atom is -0.388 e. The Morgan fingerprint density at radius 2 is 1.35 bits per heavy atom. The first-order valence-corrected chi connectivity index (χ1v) is 9.63. The van der Waals surface area contributed by atoms with Crippen molar-refractivity contribution in [2.45, 2.75) is 96.8 Å². The summed E-state index contributed by atoms with van der Waals surface area (Å²) in [7, 11) is 0. The van der Waals surface area contributed by atoms with Crippen LogP contribution >= 0.6 is 0 Å². The van der Waals surface area contributed by atoms with Gasteiger partial charge in [-0.05, 0) is 12.8 Å². The van der Waals surface area contributed by atoms with E-state index >= 15 is 0 Å². The molecule has 3 heteroatoms. The van der Waals surface area contributed by atoms with Gasteiger partial charge in [0.05, 0.1) is 12.4 Å². The molecule has 0 aromatic rings. The van der Waals surface area contributed by atoms with Crippen molar-refractivity contribution in [3.63, 3.8) is 0 Å². The summed E-state index contributed by atoms with van der Waals surface area (Å²) in [5, 5.41) is 7.09. The summed E-state index contributed by atoms with van der Waals surface area (Å²) in [6.07, 6.45) is 17.1. The molecular formula is C20H38N2O. The quantitative estimate of drug-likeness (QED) is 0.172. The fourth-order valence-electron chi connectivity index (χ4n) is 2.47. The zero-order chi connectivity index (χ0) is 17.0. The van der Waals surface area contributed by atoms with Crippen LogP contribution in [0.2, 0.25) is 0 Å². The van der Waals surface area contributed by atoms with Gasteiger partial charge >= 0.3 is 0 Å². The molecule has 0 radical (unpaired) electrons. The molecule has 0 unspecified atom stereocenters. The van der Waals surface area contributed by atoms with Gasteiger partial charge in [0.15, 0.2) is 0 Å². The van der Waals surface area contributed by atoms with E-state index in [9.17, 15) is 0 Å². The third kappa shape index (κ3) is 21.0. The summed E-state index contributed by atoms with van der Waals surface area (Å²) in [4.78, 5) is 0. The predicted octanol–water partition coefficient (Wildman–Crippen LogP) is 5.42. The van der Waals surface area contributed by atoms with Gasteiger partial charge in [-0.3, -0.25) is 5.41 Å². The highest BCUT2D eigenvalue weighted by Gasteiger charge is 1.92. The molecule has 0 bridgehead atoms. The lowest BCUT2D eigenvalue weighted by atomic mass is 10.1. The highest BCUT2D eigenvalue weighted by molar-refractivity contribution is 5.76. The minimum absolute atomic E-state index is 0.241. The van der Waals surface area contributed by atoms with Crippen LogP contribution in [0.4, 0.5) is 0 Å². The molecule has 23 heavy (non-hydrogen) atoms. The first-order valence-electron chi connectivity index (χ1n) is 9.63. The summed E-state index contributed by atoms with van der Waals surface area (Å²) in [6, 6.07) is 0. The number of rotatable bonds is 16. The van der Waals surface area contributed by atoms with Crippen LogP contribution in [0.1, 0.15) is 96.8 Å². The molecule has 0 amide bonds. The summed E-state index contributed by atoms with van der Waals surface area (Å²) >= 11 is 0. The van der Waals surface area contributed by atoms with E-state index in [2.05, 4.69) is 18.8 Å². The summed E-state index contributed by atoms with van der Waals surface area (Å²) in [5.74, 6) is 6.65. The van der Waals surface area contributed by atoms with Crippen molar-refractivity contribution in [1.82, 2.24) is 0 Å². The Kier molecular flexibility index (Phi) is 18.2. The van der Waals surface area contributed by atoms with E-state index in [0.717, 1.165) is 19.3 Å². The lowest BCUT2D eigenvalue weighted by Gasteiger charge is -2.01. The highest BCUT2D eigenvalue weighted by Crippen LogP contribution is 2.10. The van der Waals surface area contributed by atoms with Gasteiger partial charge < -0.3 is 10.5 Å². The molecule has 0 fully saturated rings. The lowest BCUT2D eigenvalue weighted by Crippen LogP contribution is -2.10. The fraction of sp³-hybridized carbons (Fsp3) is 0.850. The third-order valence-electron chi connectivity index (χ3n) is 3.89. The SMILES string of the molecule is CCCCCCCCCCCCC#CCCOCCCC(=N)N. The van der Waals surface area contributed by atoms with Crippen LogP contribution in [-0.4, -0.2) is 19.0 Å². The first kappa shape index (κ1) is 22.0. The predicted molar refractivity (Wildman–Crippen MR) is 101 cm³/mol. The largest absolute Gasteiger partial charge is 0.388 e. The van der Waals surface area contributed by atoms with Gasteiger partial charge in [0, 0.05) is 25.9 Å². The van der Waals surface area contributed by atoms with Crippen LogP contribution in [0, 0.1) is 17.3 Å². The average molecular weight is 323 g/mol. The molecule has 0 heterocycles. The number of hydrogen-bond donors (Lipinski definition) is 2. The van der Waals surface area contributed by atoms with Crippen molar-refractivity contribution in [3.8, 4) is 11.8 Å². The Hall–Kier alpha value is -1.01. The number of nitrogens with two attached hydrogens (primary N) is 1. The zero-order valence-corrected chi connectivity index (χ0v) is 15.3. The number of hydrogen-bond acceptors (Lipinski definition) is 2. The summed E-state index contributed by atoms with van der Waals surface area (Å²) < 4.78 is 5.44. The van der Waals surface area contributed by atoms with E-state index in [4.69, 9.17) is 15.9 Å². The second kappa shape index (κ2) is 19.0. The van der Waals surface area contributed by atoms with Crippen molar-refractivity contribution in [3.05, 3.63) is 0 Å². The Balaban J connectivity index is 3.11. The lowest BCUT2D eigenvalue weighted by molar-refractivity contribution is 0.138. The van der Waals surface area contributed by atoms with E-state index in [1.54, 1.807) is 0 Å². The summed E-state index contributed by atoms with van der Waals surface area (Å²) in [6.45, 7) is 3.65. The van der Waals surface area contributed by atoms with Crippen molar-refractivity contribution < 1.29 is 4.74 Å². The Bertz CT molecular complexity index is 317. The standard InChI is InChI=1S/C20H38N2O/c1-2-3-4-5-6-7-8-9-10-11-12-13-14-15-18-23-19-16-17-20(21)22/h2-12,15-19H2,1H3,(H3,21,22). The molecule has 0 saturated carbocycles. The van der Waals surface area contributed by atoms with Gasteiger partial charge in [-0.15, -0.1) is 11.8 Å². The molecule has 0 saturated heterocycles. The van der Waals surface area contributed by atoms with E-state index < -0.39 is 0 Å². The second-order valence-corrected chi connectivity index (χ2v) is 6.28. The van der Waals surface area contributed by atoms with Gasteiger partial charge in [-0.1, -0.05) is 64.7 Å². The molecule has 0 atom stereocenters. The molecular weight excluding hydrogens is 284 g/mol. The maximum atomic E-state index is 7.09. The molecule has 134 valence electrons. The molecule has 0 aliphatic carbocycles. The molecule has 0 rings (SSSR count). The van der Waals surface area contributed by atoms with Crippen LogP contribution in [0.25, 0.3) is 0 Å². The van der Waals surface area contributed by atoms with E-state index in [-0.39, 0.29) is 5.84 Å². The van der Waals surface area contributed by atoms with Gasteiger partial charge in [0.25, 0.3) is 0 Å². The van der Waals surface area contributed by atoms with Gasteiger partial charge in [0.1, 0.15) is 0 Å². The Morgan fingerprint density at radius 1 is 0.783 bits per heavy atom. The van der Waals surface area contributed by atoms with Gasteiger partial charge in [-0.25, -0.2) is 0 Å². The minimum atomic E-state index is 0.241. The van der Waals surface area contributed by atoms with Gasteiger partial charge in [0.2, 0.25) is 0 Å². The van der Waals surface area contributed by atoms with Gasteiger partial charge in [-0.2, -0.15) is 0 Å². The number of unbranched alkanes of at least 4 members (excludes halogenated alkanes) is 10. The van der Waals surface area contributed by atoms with Crippen LogP contribution < -0.4 is 5.73 Å². The van der Waals surface area contributed by atoms with Crippen LogP contribution in [0.5, 0.6) is 0 Å². The van der Waals surface area contributed by atoms with Crippen molar-refractivity contribution in [1.29, 1.82) is 5.41 Å². The number of ether oxygens (including phenoxy) is 1. The Morgan fingerprint density at radius 3 is 1.96 bits per heavy atom. The maximum absolute atomic E-state index is 7.09. The second-order valence-electron chi connectivity index (χ2n) is 6.28. The normalized spacial score (nSPS) is 10.3. The monoisotopic (exact) mass is 322 g/mol. The van der Waals surface area contributed by atoms with Crippen molar-refractivity contribution in [2.24, 2.45) is 5.73 Å². The molecule has 0 aliphatic heterocycles. The average Bonchev–Trinajstić information content (AvgIpc) is 2.53. The first-order chi connectivity index (χ1) is 11.3. The van der Waals surface area contributed by atoms with Crippen LogP contribution in [-0.2, 0) is 4.74 Å². The number of amidine groups is 1. The third-order valence-corrected chi connectivity index (χ3v) is 3.89. The van der Waals surface area contributed by atoms with Crippen LogP contribution in [0.3, 0.4) is 0 Å². The molecule has 0 aromatic heterocycles. The number of nitrogens with one attached hydrogen (secondary N) is 1. The topological polar surface area (TPSA) is 59.1 Å². The fourth-order valence-corrected chi connectivity index (χ4v) is 2.47.